The van der Waals surface area contributed by atoms with Gasteiger partial charge in [-0.15, -0.1) is 0 Å². The molecule has 1 amide bonds. The third kappa shape index (κ3) is 6.34. The Hall–Kier alpha value is -0.750. The quantitative estimate of drug-likeness (QED) is 0.565. The molecule has 0 aliphatic carbocycles. The van der Waals surface area contributed by atoms with Crippen molar-refractivity contribution in [1.82, 2.24) is 4.90 Å². The topological polar surface area (TPSA) is 65.0 Å². The van der Waals surface area contributed by atoms with Crippen LogP contribution < -0.4 is 0 Å². The van der Waals surface area contributed by atoms with E-state index < -0.39 is 17.0 Å². The number of carbonyl (C=O) groups is 1. The molecule has 134 valence electrons. The van der Waals surface area contributed by atoms with Crippen molar-refractivity contribution >= 4 is 23.2 Å². The average molecular weight is 345 g/mol. The van der Waals surface area contributed by atoms with Gasteiger partial charge in [-0.3, -0.25) is 0 Å². The number of rotatable bonds is 2. The average Bonchev–Trinajstić information content (AvgIpc) is 2.34. The lowest BCUT2D eigenvalue weighted by atomic mass is 9.84. The molecule has 0 radical (unpaired) electrons. The van der Waals surface area contributed by atoms with E-state index in [4.69, 9.17) is 4.74 Å². The largest absolute Gasteiger partial charge is 0.591 e. The molecule has 1 heterocycles. The maximum atomic E-state index is 12.2. The van der Waals surface area contributed by atoms with Crippen LogP contribution in [-0.2, 0) is 16.1 Å². The number of hydrogen-bond donors (Lipinski definition) is 0. The Morgan fingerprint density at radius 1 is 1.26 bits per heavy atom. The van der Waals surface area contributed by atoms with Gasteiger partial charge in [-0.1, -0.05) is 11.3 Å². The lowest BCUT2D eigenvalue weighted by Crippen LogP contribution is -2.46. The van der Waals surface area contributed by atoms with Crippen molar-refractivity contribution in [2.45, 2.75) is 72.2 Å². The van der Waals surface area contributed by atoms with E-state index in [9.17, 15) is 9.35 Å². The molecule has 0 N–H and O–H groups in total. The van der Waals surface area contributed by atoms with Gasteiger partial charge in [0.05, 0.1) is 5.71 Å². The minimum Gasteiger partial charge on any atom is -0.591 e. The maximum absolute atomic E-state index is 12.2. The Morgan fingerprint density at radius 2 is 1.83 bits per heavy atom. The highest BCUT2D eigenvalue weighted by Gasteiger charge is 2.34. The third-order valence-corrected chi connectivity index (χ3v) is 5.35. The van der Waals surface area contributed by atoms with Crippen LogP contribution in [0.1, 0.15) is 61.8 Å². The van der Waals surface area contributed by atoms with Gasteiger partial charge < -0.3 is 14.2 Å². The molecule has 1 aliphatic rings. The SMILES string of the molecule is CC(=N[S+]([O-])C(C)(C)C)[C@@H]1CCN(C(=O)OC(C)(C)C)C[C@@H]1C. The normalized spacial score (nSPS) is 25.3. The third-order valence-electron chi connectivity index (χ3n) is 3.84. The van der Waals surface area contributed by atoms with Crippen molar-refractivity contribution < 1.29 is 14.1 Å². The van der Waals surface area contributed by atoms with Crippen molar-refractivity contribution in [3.8, 4) is 0 Å². The second-order valence-corrected chi connectivity index (χ2v) is 10.3. The number of hydrogen-bond acceptors (Lipinski definition) is 4. The molecule has 1 fully saturated rings. The zero-order valence-electron chi connectivity index (χ0n) is 15.8. The molecule has 0 aromatic heterocycles. The first-order valence-electron chi connectivity index (χ1n) is 8.26. The molecule has 1 rings (SSSR count). The van der Waals surface area contributed by atoms with Gasteiger partial charge >= 0.3 is 6.09 Å². The van der Waals surface area contributed by atoms with E-state index in [0.29, 0.717) is 13.1 Å². The number of piperidine rings is 1. The van der Waals surface area contributed by atoms with Gasteiger partial charge in [0, 0.05) is 19.0 Å². The predicted octanol–water partition coefficient (Wildman–Crippen LogP) is 3.80. The van der Waals surface area contributed by atoms with Gasteiger partial charge in [-0.2, -0.15) is 0 Å². The highest BCUT2D eigenvalue weighted by atomic mass is 32.2. The van der Waals surface area contributed by atoms with Gasteiger partial charge in [0.15, 0.2) is 0 Å². The van der Waals surface area contributed by atoms with Gasteiger partial charge in [-0.05, 0) is 60.8 Å². The van der Waals surface area contributed by atoms with E-state index in [1.165, 1.54) is 0 Å². The Bertz CT molecular complexity index is 452. The summed E-state index contributed by atoms with van der Waals surface area (Å²) in [6.45, 7) is 16.8. The molecule has 0 spiro atoms. The predicted molar refractivity (Wildman–Crippen MR) is 96.1 cm³/mol. The molecule has 1 unspecified atom stereocenters. The molecule has 23 heavy (non-hydrogen) atoms. The Kier molecular flexibility index (Phi) is 6.55. The van der Waals surface area contributed by atoms with Crippen LogP contribution in [0.2, 0.25) is 0 Å². The lowest BCUT2D eigenvalue weighted by Gasteiger charge is -2.37. The van der Waals surface area contributed by atoms with E-state index in [-0.39, 0.29) is 22.7 Å². The fourth-order valence-corrected chi connectivity index (χ4v) is 3.26. The summed E-state index contributed by atoms with van der Waals surface area (Å²) in [5.41, 5.74) is 0.451. The molecule has 0 saturated carbocycles. The Morgan fingerprint density at radius 3 is 2.26 bits per heavy atom. The molecule has 5 nitrogen and oxygen atoms in total. The molecular weight excluding hydrogens is 312 g/mol. The van der Waals surface area contributed by atoms with Crippen molar-refractivity contribution in [2.75, 3.05) is 13.1 Å². The number of amides is 1. The molecule has 1 saturated heterocycles. The van der Waals surface area contributed by atoms with E-state index in [0.717, 1.165) is 12.1 Å². The number of nitrogens with zero attached hydrogens (tertiary/aromatic N) is 2. The summed E-state index contributed by atoms with van der Waals surface area (Å²) in [5.74, 6) is 0.539. The molecule has 6 heteroatoms. The molecule has 1 aliphatic heterocycles. The number of carbonyl (C=O) groups excluding carboxylic acids is 1. The molecule has 3 atom stereocenters. The van der Waals surface area contributed by atoms with E-state index in [1.54, 1.807) is 4.90 Å². The minimum absolute atomic E-state index is 0.254. The summed E-state index contributed by atoms with van der Waals surface area (Å²) in [6.07, 6.45) is 0.576. The summed E-state index contributed by atoms with van der Waals surface area (Å²) in [5, 5.41) is 0. The van der Waals surface area contributed by atoms with Crippen LogP contribution >= 0.6 is 0 Å². The molecule has 0 bridgehead atoms. The van der Waals surface area contributed by atoms with Crippen LogP contribution in [-0.4, -0.2) is 44.7 Å². The highest BCUT2D eigenvalue weighted by Crippen LogP contribution is 2.27. The number of likely N-dealkylation sites (tertiary alicyclic amines) is 1. The van der Waals surface area contributed by atoms with Gasteiger partial charge in [0.1, 0.15) is 21.7 Å². The van der Waals surface area contributed by atoms with Crippen molar-refractivity contribution in [2.24, 2.45) is 16.2 Å². The van der Waals surface area contributed by atoms with E-state index in [2.05, 4.69) is 11.3 Å². The number of ether oxygens (including phenoxy) is 1. The lowest BCUT2D eigenvalue weighted by molar-refractivity contribution is 0.0149. The van der Waals surface area contributed by atoms with Gasteiger partial charge in [-0.25, -0.2) is 4.79 Å². The van der Waals surface area contributed by atoms with Crippen molar-refractivity contribution in [1.29, 1.82) is 0 Å². The van der Waals surface area contributed by atoms with E-state index >= 15 is 0 Å². The van der Waals surface area contributed by atoms with Gasteiger partial charge in [0.25, 0.3) is 0 Å². The van der Waals surface area contributed by atoms with Crippen LogP contribution in [0.15, 0.2) is 4.40 Å². The molecular formula is C17H32N2O3S. The van der Waals surface area contributed by atoms with Crippen LogP contribution in [0, 0.1) is 11.8 Å². The summed E-state index contributed by atoms with van der Waals surface area (Å²) in [4.78, 5) is 13.9. The minimum atomic E-state index is -1.23. The molecule has 0 aromatic carbocycles. The summed E-state index contributed by atoms with van der Waals surface area (Å²) in [6, 6.07) is 0. The summed E-state index contributed by atoms with van der Waals surface area (Å²) >= 11 is -1.23. The van der Waals surface area contributed by atoms with Crippen LogP contribution in [0.25, 0.3) is 0 Å². The van der Waals surface area contributed by atoms with Crippen LogP contribution in [0.5, 0.6) is 0 Å². The maximum Gasteiger partial charge on any atom is 0.410 e. The fourth-order valence-electron chi connectivity index (χ4n) is 2.59. The van der Waals surface area contributed by atoms with Crippen molar-refractivity contribution in [3.05, 3.63) is 0 Å². The zero-order chi connectivity index (χ0) is 18.0. The first-order valence-corrected chi connectivity index (χ1v) is 9.37. The van der Waals surface area contributed by atoms with E-state index in [1.807, 2.05) is 48.5 Å². The summed E-state index contributed by atoms with van der Waals surface area (Å²) in [7, 11) is 0. The Balaban J connectivity index is 2.69. The van der Waals surface area contributed by atoms with Gasteiger partial charge in [0.2, 0.25) is 0 Å². The van der Waals surface area contributed by atoms with Crippen LogP contribution in [0.3, 0.4) is 0 Å². The Labute approximate surface area is 144 Å². The zero-order valence-corrected chi connectivity index (χ0v) is 16.6. The fraction of sp³-hybridized carbons (Fsp3) is 0.882. The standard InChI is InChI=1S/C17H32N2O3S/c1-12-11-19(15(20)22-16(3,4)5)10-9-14(12)13(2)18-23(21)17(6,7)8/h12,14H,9-11H2,1-8H3/t12-,14+,23?/m0/s1. The first kappa shape index (κ1) is 20.3. The van der Waals surface area contributed by atoms with Crippen LogP contribution in [0.4, 0.5) is 4.79 Å². The first-order chi connectivity index (χ1) is 10.3. The second-order valence-electron chi connectivity index (χ2n) is 8.39. The monoisotopic (exact) mass is 344 g/mol. The second kappa shape index (κ2) is 7.43. The smallest absolute Gasteiger partial charge is 0.410 e. The highest BCUT2D eigenvalue weighted by molar-refractivity contribution is 7.91. The summed E-state index contributed by atoms with van der Waals surface area (Å²) < 4.78 is 21.7. The molecule has 0 aromatic rings. The van der Waals surface area contributed by atoms with Crippen molar-refractivity contribution in [3.63, 3.8) is 0 Å².